The maximum atomic E-state index is 13.6. The van der Waals surface area contributed by atoms with Crippen molar-refractivity contribution in [2.75, 3.05) is 35.8 Å². The minimum Gasteiger partial charge on any atom is -0.497 e. The van der Waals surface area contributed by atoms with Gasteiger partial charge in [-0.2, -0.15) is 5.10 Å². The van der Waals surface area contributed by atoms with Crippen molar-refractivity contribution in [1.29, 1.82) is 0 Å². The van der Waals surface area contributed by atoms with Crippen molar-refractivity contribution in [2.45, 2.75) is 13.3 Å². The molecule has 0 saturated heterocycles. The molecule has 0 fully saturated rings. The average Bonchev–Trinajstić information content (AvgIpc) is 3.26. The predicted molar refractivity (Wildman–Crippen MR) is 130 cm³/mol. The smallest absolute Gasteiger partial charge is 0.359 e. The van der Waals surface area contributed by atoms with Gasteiger partial charge in [0.15, 0.2) is 5.69 Å². The van der Waals surface area contributed by atoms with Crippen LogP contribution in [0.15, 0.2) is 48.5 Å². The summed E-state index contributed by atoms with van der Waals surface area (Å²) < 4.78 is 11.9. The normalized spacial score (nSPS) is 12.8. The molecule has 2 amide bonds. The van der Waals surface area contributed by atoms with Crippen LogP contribution in [-0.4, -0.2) is 53.2 Å². The molecule has 10 heteroatoms. The number of esters is 1. The third-order valence-electron chi connectivity index (χ3n) is 5.39. The molecule has 3 aromatic rings. The lowest BCUT2D eigenvalue weighted by molar-refractivity contribution is -0.113. The van der Waals surface area contributed by atoms with Gasteiger partial charge in [0.2, 0.25) is 5.91 Å². The summed E-state index contributed by atoms with van der Waals surface area (Å²) in [7, 11) is 1.57. The van der Waals surface area contributed by atoms with Crippen LogP contribution in [0, 0.1) is 0 Å². The number of rotatable bonds is 7. The van der Waals surface area contributed by atoms with Gasteiger partial charge >= 0.3 is 5.97 Å². The van der Waals surface area contributed by atoms with Gasteiger partial charge < -0.3 is 19.7 Å². The number of methoxy groups -OCH3 is 1. The van der Waals surface area contributed by atoms with Gasteiger partial charge in [-0.05, 0) is 61.9 Å². The Labute approximate surface area is 204 Å². The van der Waals surface area contributed by atoms with Gasteiger partial charge in [0.05, 0.1) is 24.7 Å². The van der Waals surface area contributed by atoms with E-state index in [0.29, 0.717) is 47.0 Å². The van der Waals surface area contributed by atoms with E-state index in [1.54, 1.807) is 67.5 Å². The van der Waals surface area contributed by atoms with Gasteiger partial charge in [-0.15, -0.1) is 0 Å². The number of hydrogen-bond donors (Lipinski definition) is 1. The fourth-order valence-corrected chi connectivity index (χ4v) is 3.94. The van der Waals surface area contributed by atoms with E-state index in [-0.39, 0.29) is 29.4 Å². The molecule has 2 aromatic carbocycles. The SMILES string of the molecule is CCOC(=O)c1nn(-c2ccc(OC)cc2)c2c1CCN(c1ccc(NC(=O)CBr)cc1)C2=O. The van der Waals surface area contributed by atoms with Crippen LogP contribution >= 0.6 is 15.9 Å². The first kappa shape index (κ1) is 23.5. The predicted octanol–water partition coefficient (Wildman–Crippen LogP) is 3.59. The highest BCUT2D eigenvalue weighted by molar-refractivity contribution is 9.09. The highest BCUT2D eigenvalue weighted by Gasteiger charge is 2.35. The number of amides is 2. The van der Waals surface area contributed by atoms with Crippen molar-refractivity contribution < 1.29 is 23.9 Å². The molecule has 0 atom stereocenters. The van der Waals surface area contributed by atoms with Crippen molar-refractivity contribution >= 4 is 45.1 Å². The summed E-state index contributed by atoms with van der Waals surface area (Å²) in [6, 6.07) is 14.1. The van der Waals surface area contributed by atoms with E-state index < -0.39 is 5.97 Å². The number of anilines is 2. The number of carbonyl (C=O) groups is 3. The van der Waals surface area contributed by atoms with Gasteiger partial charge in [-0.3, -0.25) is 9.59 Å². The van der Waals surface area contributed by atoms with Gasteiger partial charge in [0.25, 0.3) is 5.91 Å². The monoisotopic (exact) mass is 526 g/mol. The summed E-state index contributed by atoms with van der Waals surface area (Å²) in [5, 5.41) is 7.42. The van der Waals surface area contributed by atoms with E-state index in [0.717, 1.165) is 0 Å². The first-order valence-corrected chi connectivity index (χ1v) is 11.8. The van der Waals surface area contributed by atoms with Crippen molar-refractivity contribution in [1.82, 2.24) is 9.78 Å². The molecule has 1 N–H and O–H groups in total. The molecule has 1 aromatic heterocycles. The van der Waals surface area contributed by atoms with E-state index in [9.17, 15) is 14.4 Å². The third-order valence-corrected chi connectivity index (χ3v) is 5.90. The molecular formula is C24H23BrN4O5. The Balaban J connectivity index is 1.72. The second kappa shape index (κ2) is 10.1. The molecule has 0 radical (unpaired) electrons. The Morgan fingerprint density at radius 2 is 1.76 bits per heavy atom. The number of fused-ring (bicyclic) bond motifs is 1. The van der Waals surface area contributed by atoms with Crippen LogP contribution in [0.3, 0.4) is 0 Å². The Morgan fingerprint density at radius 1 is 1.09 bits per heavy atom. The second-order valence-corrected chi connectivity index (χ2v) is 8.00. The first-order chi connectivity index (χ1) is 16.5. The molecule has 1 aliphatic heterocycles. The molecule has 0 saturated carbocycles. The van der Waals surface area contributed by atoms with Crippen molar-refractivity contribution in [3.05, 3.63) is 65.5 Å². The maximum absolute atomic E-state index is 13.6. The zero-order chi connectivity index (χ0) is 24.2. The first-order valence-electron chi connectivity index (χ1n) is 10.7. The van der Waals surface area contributed by atoms with E-state index >= 15 is 0 Å². The minimum atomic E-state index is -0.556. The molecule has 2 heterocycles. The zero-order valence-electron chi connectivity index (χ0n) is 18.7. The van der Waals surface area contributed by atoms with E-state index in [1.807, 2.05) is 0 Å². The lowest BCUT2D eigenvalue weighted by Crippen LogP contribution is -2.39. The Hall–Kier alpha value is -3.66. The summed E-state index contributed by atoms with van der Waals surface area (Å²) in [4.78, 5) is 39.5. The molecule has 0 aliphatic carbocycles. The maximum Gasteiger partial charge on any atom is 0.359 e. The van der Waals surface area contributed by atoms with Gasteiger partial charge in [0, 0.05) is 23.5 Å². The van der Waals surface area contributed by atoms with Crippen LogP contribution in [0.25, 0.3) is 5.69 Å². The lowest BCUT2D eigenvalue weighted by Gasteiger charge is -2.28. The number of ether oxygens (including phenoxy) is 2. The van der Waals surface area contributed by atoms with E-state index in [1.165, 1.54) is 4.68 Å². The van der Waals surface area contributed by atoms with Crippen LogP contribution in [0.4, 0.5) is 11.4 Å². The number of benzene rings is 2. The number of aromatic nitrogens is 2. The average molecular weight is 527 g/mol. The quantitative estimate of drug-likeness (QED) is 0.372. The molecule has 176 valence electrons. The number of carbonyl (C=O) groups excluding carboxylic acids is 3. The van der Waals surface area contributed by atoms with Crippen LogP contribution in [0.2, 0.25) is 0 Å². The second-order valence-electron chi connectivity index (χ2n) is 7.44. The number of halogens is 1. The number of nitrogens with one attached hydrogen (secondary N) is 1. The van der Waals surface area contributed by atoms with Crippen molar-refractivity contribution in [2.24, 2.45) is 0 Å². The molecule has 0 unspecified atom stereocenters. The fraction of sp³-hybridized carbons (Fsp3) is 0.250. The van der Waals surface area contributed by atoms with E-state index in [4.69, 9.17) is 9.47 Å². The molecule has 9 nitrogen and oxygen atoms in total. The summed E-state index contributed by atoms with van der Waals surface area (Å²) in [6.07, 6.45) is 0.438. The highest BCUT2D eigenvalue weighted by atomic mass is 79.9. The van der Waals surface area contributed by atoms with Gasteiger partial charge in [-0.1, -0.05) is 15.9 Å². The number of hydrogen-bond acceptors (Lipinski definition) is 6. The molecule has 0 bridgehead atoms. The number of nitrogens with zero attached hydrogens (tertiary/aromatic N) is 3. The van der Waals surface area contributed by atoms with Crippen LogP contribution in [-0.2, 0) is 16.0 Å². The van der Waals surface area contributed by atoms with Crippen molar-refractivity contribution in [3.63, 3.8) is 0 Å². The lowest BCUT2D eigenvalue weighted by atomic mass is 10.0. The zero-order valence-corrected chi connectivity index (χ0v) is 20.3. The Kier molecular flexibility index (Phi) is 6.97. The van der Waals surface area contributed by atoms with Crippen molar-refractivity contribution in [3.8, 4) is 11.4 Å². The van der Waals surface area contributed by atoms with Crippen LogP contribution in [0.1, 0.15) is 33.5 Å². The molecule has 4 rings (SSSR count). The minimum absolute atomic E-state index is 0.147. The van der Waals surface area contributed by atoms with Crippen LogP contribution in [0.5, 0.6) is 5.75 Å². The largest absolute Gasteiger partial charge is 0.497 e. The molecule has 0 spiro atoms. The molecule has 34 heavy (non-hydrogen) atoms. The third kappa shape index (κ3) is 4.54. The topological polar surface area (TPSA) is 103 Å². The standard InChI is InChI=1S/C24H23BrN4O5/c1-3-34-24(32)21-19-12-13-28(16-6-4-15(5-7-16)26-20(30)14-25)23(31)22(19)29(27-21)17-8-10-18(33-2)11-9-17/h4-11H,3,12-14H2,1-2H3,(H,26,30). The van der Waals surface area contributed by atoms with Gasteiger partial charge in [-0.25, -0.2) is 9.48 Å². The summed E-state index contributed by atoms with van der Waals surface area (Å²) >= 11 is 3.12. The highest BCUT2D eigenvalue weighted by Crippen LogP contribution is 2.30. The molecule has 1 aliphatic rings. The summed E-state index contributed by atoms with van der Waals surface area (Å²) in [5.41, 5.74) is 2.95. The van der Waals surface area contributed by atoms with Gasteiger partial charge in [0.1, 0.15) is 11.4 Å². The Bertz CT molecular complexity index is 1220. The van der Waals surface area contributed by atoms with Crippen LogP contribution < -0.4 is 15.0 Å². The van der Waals surface area contributed by atoms with E-state index in [2.05, 4.69) is 26.3 Å². The molecular weight excluding hydrogens is 504 g/mol. The fourth-order valence-electron chi connectivity index (χ4n) is 3.80. The Morgan fingerprint density at radius 3 is 2.38 bits per heavy atom. The number of alkyl halides is 1. The summed E-state index contributed by atoms with van der Waals surface area (Å²) in [5.74, 6) is -0.340. The summed E-state index contributed by atoms with van der Waals surface area (Å²) in [6.45, 7) is 2.31.